The largest absolute Gasteiger partial charge is 0.0619 e. The van der Waals surface area contributed by atoms with Gasteiger partial charge in [-0.05, 0) is 180 Å². The highest BCUT2D eigenvalue weighted by Crippen LogP contribution is 2.54. The first-order valence-corrected chi connectivity index (χ1v) is 19.9. The van der Waals surface area contributed by atoms with Crippen molar-refractivity contribution in [2.24, 2.45) is 0 Å². The summed E-state index contributed by atoms with van der Waals surface area (Å²) in [4.78, 5) is 0. The number of rotatable bonds is 3. The van der Waals surface area contributed by atoms with Gasteiger partial charge in [0.15, 0.2) is 0 Å². The summed E-state index contributed by atoms with van der Waals surface area (Å²) in [5, 5.41) is 5.19. The first kappa shape index (κ1) is 33.8. The fraction of sp³-hybridized carbons (Fsp3) is 0.200. The van der Waals surface area contributed by atoms with Crippen LogP contribution >= 0.6 is 0 Å². The Morgan fingerprint density at radius 3 is 1.16 bits per heavy atom. The van der Waals surface area contributed by atoms with Crippen molar-refractivity contribution in [1.29, 1.82) is 0 Å². The van der Waals surface area contributed by atoms with Crippen LogP contribution in [0.5, 0.6) is 0 Å². The van der Waals surface area contributed by atoms with Crippen LogP contribution in [0.2, 0.25) is 0 Å². The average Bonchev–Trinajstić information content (AvgIpc) is 3.57. The van der Waals surface area contributed by atoms with Crippen molar-refractivity contribution in [1.82, 2.24) is 0 Å². The Bertz CT molecular complexity index is 2930. The zero-order chi connectivity index (χ0) is 38.1. The molecular weight excluding hydrogens is 661 g/mol. The van der Waals surface area contributed by atoms with Crippen molar-refractivity contribution < 1.29 is 0 Å². The molecule has 2 aliphatic rings. The molecule has 268 valence electrons. The lowest BCUT2D eigenvalue weighted by atomic mass is 9.79. The Labute approximate surface area is 326 Å². The second-order valence-electron chi connectivity index (χ2n) is 17.4. The van der Waals surface area contributed by atoms with Crippen LogP contribution in [0.4, 0.5) is 0 Å². The summed E-state index contributed by atoms with van der Waals surface area (Å²) in [6.07, 6.45) is 0. The Hall–Kier alpha value is -5.72. The van der Waals surface area contributed by atoms with Gasteiger partial charge in [-0.15, -0.1) is 0 Å². The third kappa shape index (κ3) is 4.58. The minimum atomic E-state index is -0.0847. The van der Waals surface area contributed by atoms with E-state index < -0.39 is 0 Å². The Morgan fingerprint density at radius 1 is 0.291 bits per heavy atom. The standard InChI is InChI=1S/C55H48/c1-31-32(2)34(4)51(35(5)33(31)3)36-24-27-45-46(28-36)53(38-23-26-42-40-17-13-15-21-48(40)55(8,9)50(42)30-38)44-19-11-10-18-43(44)52(45)37-22-25-41-39-16-12-14-20-47(39)54(6,7)49(41)29-37/h10-30H,1-9H3. The summed E-state index contributed by atoms with van der Waals surface area (Å²) in [7, 11) is 0. The van der Waals surface area contributed by atoms with Gasteiger partial charge in [0.2, 0.25) is 0 Å². The summed E-state index contributed by atoms with van der Waals surface area (Å²) in [5.74, 6) is 0. The van der Waals surface area contributed by atoms with Crippen LogP contribution < -0.4 is 0 Å². The van der Waals surface area contributed by atoms with Crippen molar-refractivity contribution in [2.75, 3.05) is 0 Å². The molecule has 0 heteroatoms. The van der Waals surface area contributed by atoms with Crippen LogP contribution in [-0.4, -0.2) is 0 Å². The molecule has 0 amide bonds. The number of benzene rings is 8. The third-order valence-electron chi connectivity index (χ3n) is 14.1. The first-order valence-electron chi connectivity index (χ1n) is 19.9. The highest BCUT2D eigenvalue weighted by atomic mass is 14.4. The summed E-state index contributed by atoms with van der Waals surface area (Å²) < 4.78 is 0. The zero-order valence-corrected chi connectivity index (χ0v) is 33.6. The summed E-state index contributed by atoms with van der Waals surface area (Å²) in [6, 6.07) is 49.0. The van der Waals surface area contributed by atoms with E-state index in [2.05, 4.69) is 190 Å². The number of hydrogen-bond acceptors (Lipinski definition) is 0. The Morgan fingerprint density at radius 2 is 0.655 bits per heavy atom. The van der Waals surface area contributed by atoms with E-state index in [9.17, 15) is 0 Å². The van der Waals surface area contributed by atoms with E-state index in [1.807, 2.05) is 0 Å². The molecule has 0 fully saturated rings. The minimum absolute atomic E-state index is 0.0777. The predicted molar refractivity (Wildman–Crippen MR) is 237 cm³/mol. The van der Waals surface area contributed by atoms with Gasteiger partial charge in [-0.25, -0.2) is 0 Å². The molecule has 0 bridgehead atoms. The molecule has 10 rings (SSSR count). The lowest BCUT2D eigenvalue weighted by Crippen LogP contribution is -2.15. The lowest BCUT2D eigenvalue weighted by Gasteiger charge is -2.24. The molecule has 55 heavy (non-hydrogen) atoms. The molecule has 0 radical (unpaired) electrons. The summed E-state index contributed by atoms with van der Waals surface area (Å²) in [6.45, 7) is 21.0. The highest BCUT2D eigenvalue weighted by Gasteiger charge is 2.37. The lowest BCUT2D eigenvalue weighted by molar-refractivity contribution is 0.660. The molecule has 0 nitrogen and oxygen atoms in total. The van der Waals surface area contributed by atoms with Gasteiger partial charge < -0.3 is 0 Å². The second kappa shape index (κ2) is 11.6. The van der Waals surface area contributed by atoms with E-state index in [0.717, 1.165) is 0 Å². The van der Waals surface area contributed by atoms with Crippen LogP contribution in [-0.2, 0) is 10.8 Å². The molecule has 0 heterocycles. The fourth-order valence-corrected chi connectivity index (χ4v) is 10.6. The van der Waals surface area contributed by atoms with Crippen molar-refractivity contribution in [3.05, 3.63) is 177 Å². The normalized spacial score (nSPS) is 14.6. The summed E-state index contributed by atoms with van der Waals surface area (Å²) in [5.41, 5.74) is 25.7. The van der Waals surface area contributed by atoms with Crippen LogP contribution in [0, 0.1) is 34.6 Å². The van der Waals surface area contributed by atoms with E-state index in [1.54, 1.807) is 0 Å². The van der Waals surface area contributed by atoms with Crippen molar-refractivity contribution in [3.8, 4) is 55.6 Å². The topological polar surface area (TPSA) is 0 Å². The molecule has 0 N–H and O–H groups in total. The molecule has 0 saturated heterocycles. The molecule has 0 unspecified atom stereocenters. The van der Waals surface area contributed by atoms with Crippen molar-refractivity contribution in [2.45, 2.75) is 73.1 Å². The van der Waals surface area contributed by atoms with Gasteiger partial charge in [0, 0.05) is 10.8 Å². The van der Waals surface area contributed by atoms with Crippen LogP contribution in [0.15, 0.2) is 127 Å². The van der Waals surface area contributed by atoms with E-state index in [1.165, 1.54) is 127 Å². The first-order chi connectivity index (χ1) is 26.4. The average molecular weight is 709 g/mol. The van der Waals surface area contributed by atoms with Gasteiger partial charge >= 0.3 is 0 Å². The van der Waals surface area contributed by atoms with Gasteiger partial charge in [0.05, 0.1) is 0 Å². The van der Waals surface area contributed by atoms with Crippen LogP contribution in [0.25, 0.3) is 77.2 Å². The smallest absolute Gasteiger partial charge is 0.0159 e. The van der Waals surface area contributed by atoms with Gasteiger partial charge in [-0.2, -0.15) is 0 Å². The Balaban J connectivity index is 1.30. The Kier molecular flexibility index (Phi) is 7.16. The molecule has 0 saturated carbocycles. The van der Waals surface area contributed by atoms with Crippen molar-refractivity contribution in [3.63, 3.8) is 0 Å². The minimum Gasteiger partial charge on any atom is -0.0619 e. The highest BCUT2D eigenvalue weighted by molar-refractivity contribution is 6.22. The van der Waals surface area contributed by atoms with Gasteiger partial charge in [0.1, 0.15) is 0 Å². The predicted octanol–water partition coefficient (Wildman–Crippen LogP) is 15.1. The SMILES string of the molecule is Cc1c(C)c(C)c(-c2ccc3c(-c4ccc5c(c4)C(C)(C)c4ccccc4-5)c4ccccc4c(-c4ccc5c(c4)C(C)(C)c4ccccc4-5)c3c2)c(C)c1C. The third-order valence-corrected chi connectivity index (χ3v) is 14.1. The van der Waals surface area contributed by atoms with E-state index >= 15 is 0 Å². The molecule has 8 aromatic carbocycles. The van der Waals surface area contributed by atoms with E-state index in [-0.39, 0.29) is 10.8 Å². The molecular formula is C55H48. The second-order valence-corrected chi connectivity index (χ2v) is 17.4. The molecule has 0 aliphatic heterocycles. The van der Waals surface area contributed by atoms with Crippen LogP contribution in [0.1, 0.15) is 77.8 Å². The van der Waals surface area contributed by atoms with Gasteiger partial charge in [0.25, 0.3) is 0 Å². The molecule has 8 aromatic rings. The van der Waals surface area contributed by atoms with E-state index in [4.69, 9.17) is 0 Å². The van der Waals surface area contributed by atoms with Crippen LogP contribution in [0.3, 0.4) is 0 Å². The maximum Gasteiger partial charge on any atom is 0.0159 e. The fourth-order valence-electron chi connectivity index (χ4n) is 10.6. The molecule has 2 aliphatic carbocycles. The van der Waals surface area contributed by atoms with E-state index in [0.29, 0.717) is 0 Å². The monoisotopic (exact) mass is 708 g/mol. The molecule has 0 spiro atoms. The van der Waals surface area contributed by atoms with Gasteiger partial charge in [-0.1, -0.05) is 137 Å². The number of fused-ring (bicyclic) bond motifs is 8. The zero-order valence-electron chi connectivity index (χ0n) is 33.6. The molecule has 0 atom stereocenters. The summed E-state index contributed by atoms with van der Waals surface area (Å²) >= 11 is 0. The maximum atomic E-state index is 2.52. The number of hydrogen-bond donors (Lipinski definition) is 0. The molecule has 0 aromatic heterocycles. The van der Waals surface area contributed by atoms with Crippen molar-refractivity contribution >= 4 is 21.5 Å². The quantitative estimate of drug-likeness (QED) is 0.160. The maximum absolute atomic E-state index is 2.52. The van der Waals surface area contributed by atoms with Gasteiger partial charge in [-0.3, -0.25) is 0 Å².